The molecule has 9 heteroatoms. The fourth-order valence-corrected chi connectivity index (χ4v) is 3.06. The first kappa shape index (κ1) is 16.2. The molecule has 0 radical (unpaired) electrons. The van der Waals surface area contributed by atoms with Crippen molar-refractivity contribution in [1.82, 2.24) is 24.9 Å². The fraction of sp³-hybridized carbons (Fsp3) is 0.353. The van der Waals surface area contributed by atoms with Crippen LogP contribution in [0.1, 0.15) is 18.5 Å². The third-order valence-electron chi connectivity index (χ3n) is 4.40. The summed E-state index contributed by atoms with van der Waals surface area (Å²) in [5, 5.41) is 15.1. The van der Waals surface area contributed by atoms with Gasteiger partial charge in [0.15, 0.2) is 11.6 Å². The zero-order valence-corrected chi connectivity index (χ0v) is 14.4. The van der Waals surface area contributed by atoms with E-state index in [2.05, 4.69) is 30.6 Å². The number of nitrogens with zero attached hydrogens (tertiary/aromatic N) is 6. The number of nitrogens with one attached hydrogen (secondary N) is 1. The van der Waals surface area contributed by atoms with Crippen molar-refractivity contribution in [2.75, 3.05) is 23.3 Å². The molecule has 1 aliphatic heterocycles. The lowest BCUT2D eigenvalue weighted by molar-refractivity contribution is -0.120. The van der Waals surface area contributed by atoms with Gasteiger partial charge in [-0.25, -0.2) is 4.98 Å². The summed E-state index contributed by atoms with van der Waals surface area (Å²) < 4.78 is 6.85. The van der Waals surface area contributed by atoms with Crippen LogP contribution in [0.2, 0.25) is 0 Å². The minimum absolute atomic E-state index is 0.0613. The van der Waals surface area contributed by atoms with Crippen molar-refractivity contribution in [3.8, 4) is 5.82 Å². The first-order valence-corrected chi connectivity index (χ1v) is 8.50. The van der Waals surface area contributed by atoms with Crippen LogP contribution in [0.3, 0.4) is 0 Å². The highest BCUT2D eigenvalue weighted by molar-refractivity contribution is 5.91. The number of carbonyl (C=O) groups excluding carboxylic acids is 1. The Bertz CT molecular complexity index is 873. The highest BCUT2D eigenvalue weighted by Gasteiger charge is 2.27. The Hall–Kier alpha value is -3.23. The Morgan fingerprint density at radius 2 is 2.15 bits per heavy atom. The maximum Gasteiger partial charge on any atom is 0.231 e. The number of hydrogen-bond acceptors (Lipinski definition) is 7. The van der Waals surface area contributed by atoms with E-state index >= 15 is 0 Å². The van der Waals surface area contributed by atoms with Gasteiger partial charge in [0, 0.05) is 31.5 Å². The molecule has 1 N–H and O–H groups in total. The van der Waals surface area contributed by atoms with Gasteiger partial charge in [-0.3, -0.25) is 14.7 Å². The van der Waals surface area contributed by atoms with Crippen molar-refractivity contribution in [2.45, 2.75) is 19.8 Å². The van der Waals surface area contributed by atoms with Gasteiger partial charge >= 0.3 is 0 Å². The van der Waals surface area contributed by atoms with Crippen LogP contribution in [-0.2, 0) is 4.79 Å². The van der Waals surface area contributed by atoms with Gasteiger partial charge in [-0.2, -0.15) is 0 Å². The first-order valence-electron chi connectivity index (χ1n) is 8.50. The molecular weight excluding hydrogens is 334 g/mol. The molecule has 4 heterocycles. The minimum atomic E-state index is -0.135. The van der Waals surface area contributed by atoms with Crippen LogP contribution >= 0.6 is 0 Å². The highest BCUT2D eigenvalue weighted by Crippen LogP contribution is 2.23. The van der Waals surface area contributed by atoms with Crippen molar-refractivity contribution >= 4 is 17.6 Å². The number of hydrogen-bond donors (Lipinski definition) is 1. The molecule has 0 aliphatic carbocycles. The van der Waals surface area contributed by atoms with Gasteiger partial charge in [-0.1, -0.05) is 5.16 Å². The average molecular weight is 353 g/mol. The van der Waals surface area contributed by atoms with Crippen molar-refractivity contribution in [1.29, 1.82) is 0 Å². The quantitative estimate of drug-likeness (QED) is 0.763. The first-order chi connectivity index (χ1) is 12.7. The molecule has 1 saturated heterocycles. The molecule has 1 atom stereocenters. The predicted octanol–water partition coefficient (Wildman–Crippen LogP) is 1.81. The summed E-state index contributed by atoms with van der Waals surface area (Å²) in [6.07, 6.45) is 6.93. The molecule has 4 rings (SSSR count). The van der Waals surface area contributed by atoms with Gasteiger partial charge in [0.05, 0.1) is 11.6 Å². The summed E-state index contributed by atoms with van der Waals surface area (Å²) in [5.41, 5.74) is 0.735. The molecular formula is C17H19N7O2. The second-order valence-electron chi connectivity index (χ2n) is 6.33. The number of amides is 1. The number of rotatable bonds is 4. The van der Waals surface area contributed by atoms with Gasteiger partial charge in [-0.05, 0) is 31.9 Å². The Kier molecular flexibility index (Phi) is 4.34. The molecule has 1 amide bonds. The molecule has 1 aliphatic rings. The molecule has 0 bridgehead atoms. The summed E-state index contributed by atoms with van der Waals surface area (Å²) in [7, 11) is 0. The molecule has 3 aromatic heterocycles. The van der Waals surface area contributed by atoms with E-state index < -0.39 is 0 Å². The lowest BCUT2D eigenvalue weighted by atomic mass is 9.97. The standard InChI is InChI=1S/C17H19N7O2/c1-12-9-16(26-22-12)19-17(25)13-3-2-7-23(10-13)14-4-5-15(21-20-14)24-8-6-18-11-24/h4-6,8-9,11,13H,2-3,7,10H2,1H3,(H,19,25)/t13-/m1/s1. The summed E-state index contributed by atoms with van der Waals surface area (Å²) in [5.74, 6) is 1.66. The number of imidazole rings is 1. The number of piperidine rings is 1. The van der Waals surface area contributed by atoms with E-state index in [4.69, 9.17) is 4.52 Å². The minimum Gasteiger partial charge on any atom is -0.354 e. The highest BCUT2D eigenvalue weighted by atomic mass is 16.5. The second kappa shape index (κ2) is 6.95. The molecule has 1 fully saturated rings. The van der Waals surface area contributed by atoms with Crippen LogP contribution in [0.5, 0.6) is 0 Å². The maximum absolute atomic E-state index is 12.5. The number of carbonyl (C=O) groups is 1. The van der Waals surface area contributed by atoms with Crippen molar-refractivity contribution in [3.63, 3.8) is 0 Å². The monoisotopic (exact) mass is 353 g/mol. The fourth-order valence-electron chi connectivity index (χ4n) is 3.06. The van der Waals surface area contributed by atoms with E-state index in [0.717, 1.165) is 30.9 Å². The van der Waals surface area contributed by atoms with Crippen LogP contribution in [0, 0.1) is 12.8 Å². The third-order valence-corrected chi connectivity index (χ3v) is 4.40. The molecule has 0 spiro atoms. The van der Waals surface area contributed by atoms with E-state index in [1.165, 1.54) is 0 Å². The Balaban J connectivity index is 1.42. The molecule has 0 aromatic carbocycles. The zero-order valence-electron chi connectivity index (χ0n) is 14.4. The van der Waals surface area contributed by atoms with E-state index in [1.807, 2.05) is 25.3 Å². The van der Waals surface area contributed by atoms with Crippen molar-refractivity contribution < 1.29 is 9.32 Å². The lowest BCUT2D eigenvalue weighted by Crippen LogP contribution is -2.41. The number of aryl methyl sites for hydroxylation is 1. The van der Waals surface area contributed by atoms with Crippen LogP contribution in [0.4, 0.5) is 11.7 Å². The van der Waals surface area contributed by atoms with Gasteiger partial charge in [-0.15, -0.1) is 10.2 Å². The molecule has 26 heavy (non-hydrogen) atoms. The second-order valence-corrected chi connectivity index (χ2v) is 6.33. The molecule has 3 aromatic rings. The van der Waals surface area contributed by atoms with E-state index in [1.54, 1.807) is 23.2 Å². The number of anilines is 2. The normalized spacial score (nSPS) is 17.3. The third kappa shape index (κ3) is 3.41. The van der Waals surface area contributed by atoms with Crippen molar-refractivity contribution in [3.05, 3.63) is 42.6 Å². The van der Waals surface area contributed by atoms with E-state index in [9.17, 15) is 4.79 Å². The van der Waals surface area contributed by atoms with Crippen LogP contribution in [0.15, 0.2) is 41.4 Å². The molecule has 134 valence electrons. The van der Waals surface area contributed by atoms with Crippen molar-refractivity contribution in [2.24, 2.45) is 5.92 Å². The molecule has 0 unspecified atom stereocenters. The Labute approximate surface area is 150 Å². The summed E-state index contributed by atoms with van der Waals surface area (Å²) >= 11 is 0. The zero-order chi connectivity index (χ0) is 17.9. The largest absolute Gasteiger partial charge is 0.354 e. The Morgan fingerprint density at radius 1 is 1.31 bits per heavy atom. The summed E-state index contributed by atoms with van der Waals surface area (Å²) in [6, 6.07) is 5.52. The summed E-state index contributed by atoms with van der Waals surface area (Å²) in [6.45, 7) is 3.26. The van der Waals surface area contributed by atoms with Gasteiger partial charge < -0.3 is 9.42 Å². The number of aromatic nitrogens is 5. The molecule has 0 saturated carbocycles. The van der Waals surface area contributed by atoms with Gasteiger partial charge in [0.1, 0.15) is 6.33 Å². The van der Waals surface area contributed by atoms with Gasteiger partial charge in [0.2, 0.25) is 11.8 Å². The van der Waals surface area contributed by atoms with Crippen LogP contribution < -0.4 is 10.2 Å². The van der Waals surface area contributed by atoms with Crippen LogP contribution in [0.25, 0.3) is 5.82 Å². The summed E-state index contributed by atoms with van der Waals surface area (Å²) in [4.78, 5) is 18.6. The van der Waals surface area contributed by atoms with E-state index in [0.29, 0.717) is 18.2 Å². The SMILES string of the molecule is Cc1cc(NC(=O)[C@@H]2CCCN(c3ccc(-n4ccnc4)nn3)C2)on1. The smallest absolute Gasteiger partial charge is 0.231 e. The maximum atomic E-state index is 12.5. The average Bonchev–Trinajstić information content (AvgIpc) is 3.34. The lowest BCUT2D eigenvalue weighted by Gasteiger charge is -2.32. The van der Waals surface area contributed by atoms with Gasteiger partial charge in [0.25, 0.3) is 0 Å². The Morgan fingerprint density at radius 3 is 2.85 bits per heavy atom. The molecule has 9 nitrogen and oxygen atoms in total. The van der Waals surface area contributed by atoms with E-state index in [-0.39, 0.29) is 11.8 Å². The van der Waals surface area contributed by atoms with Crippen LogP contribution in [-0.4, -0.2) is 43.9 Å². The predicted molar refractivity (Wildman–Crippen MR) is 94.0 cm³/mol. The topological polar surface area (TPSA) is 102 Å².